The fourth-order valence-corrected chi connectivity index (χ4v) is 3.93. The van der Waals surface area contributed by atoms with E-state index < -0.39 is 0 Å². The molecule has 2 aliphatic carbocycles. The molecule has 3 rings (SSSR count). The molecule has 0 spiro atoms. The fourth-order valence-electron chi connectivity index (χ4n) is 3.93. The standard InChI is InChI=1S/C13H22N2O/c1-8(2)12-13(16)15(7-14-12)11-6-9-3-4-10(11)5-9/h8-12,14H,3-7H2,1-2H3. The Morgan fingerprint density at radius 2 is 2.12 bits per heavy atom. The highest BCUT2D eigenvalue weighted by molar-refractivity contribution is 5.84. The number of carbonyl (C=O) groups excluding carboxylic acids is 1. The Morgan fingerprint density at radius 3 is 2.62 bits per heavy atom. The molecule has 16 heavy (non-hydrogen) atoms. The van der Waals surface area contributed by atoms with Crippen molar-refractivity contribution >= 4 is 5.91 Å². The van der Waals surface area contributed by atoms with Crippen LogP contribution in [0.2, 0.25) is 0 Å². The van der Waals surface area contributed by atoms with Gasteiger partial charge in [-0.25, -0.2) is 0 Å². The Labute approximate surface area is 97.6 Å². The first kappa shape index (κ1) is 10.6. The normalized spacial score (nSPS) is 42.7. The van der Waals surface area contributed by atoms with Gasteiger partial charge in [-0.05, 0) is 37.0 Å². The van der Waals surface area contributed by atoms with Gasteiger partial charge in [-0.15, -0.1) is 0 Å². The van der Waals surface area contributed by atoms with E-state index >= 15 is 0 Å². The van der Waals surface area contributed by atoms with Crippen molar-refractivity contribution in [3.05, 3.63) is 0 Å². The van der Waals surface area contributed by atoms with Gasteiger partial charge < -0.3 is 4.90 Å². The molecule has 3 nitrogen and oxygen atoms in total. The molecule has 2 saturated carbocycles. The van der Waals surface area contributed by atoms with Crippen molar-refractivity contribution in [1.82, 2.24) is 10.2 Å². The molecule has 3 aliphatic rings. The van der Waals surface area contributed by atoms with Crippen LogP contribution in [0.25, 0.3) is 0 Å². The Bertz CT molecular complexity index is 302. The highest BCUT2D eigenvalue weighted by atomic mass is 16.2. The van der Waals surface area contributed by atoms with Crippen LogP contribution in [-0.2, 0) is 4.79 Å². The third kappa shape index (κ3) is 1.48. The molecule has 0 radical (unpaired) electrons. The minimum atomic E-state index is 0.0686. The maximum Gasteiger partial charge on any atom is 0.241 e. The smallest absolute Gasteiger partial charge is 0.241 e. The topological polar surface area (TPSA) is 32.3 Å². The Hall–Kier alpha value is -0.570. The summed E-state index contributed by atoms with van der Waals surface area (Å²) < 4.78 is 0. The van der Waals surface area contributed by atoms with E-state index in [0.717, 1.165) is 18.5 Å². The predicted octanol–water partition coefficient (Wildman–Crippen LogP) is 1.59. The molecule has 4 atom stereocenters. The highest BCUT2D eigenvalue weighted by Crippen LogP contribution is 2.47. The molecule has 3 heteroatoms. The van der Waals surface area contributed by atoms with Gasteiger partial charge in [0.15, 0.2) is 0 Å². The maximum absolute atomic E-state index is 12.3. The molecule has 90 valence electrons. The molecular formula is C13H22N2O. The molecule has 1 N–H and O–H groups in total. The summed E-state index contributed by atoms with van der Waals surface area (Å²) in [5.41, 5.74) is 0. The average Bonchev–Trinajstić information content (AvgIpc) is 2.90. The summed E-state index contributed by atoms with van der Waals surface area (Å²) in [6, 6.07) is 0.627. The minimum absolute atomic E-state index is 0.0686. The second-order valence-electron chi connectivity index (χ2n) is 6.13. The van der Waals surface area contributed by atoms with Gasteiger partial charge in [0.2, 0.25) is 5.91 Å². The molecule has 1 heterocycles. The average molecular weight is 222 g/mol. The first-order valence-corrected chi connectivity index (χ1v) is 6.70. The van der Waals surface area contributed by atoms with Crippen molar-refractivity contribution in [2.75, 3.05) is 6.67 Å². The van der Waals surface area contributed by atoms with Crippen molar-refractivity contribution in [3.63, 3.8) is 0 Å². The number of hydrogen-bond acceptors (Lipinski definition) is 2. The van der Waals surface area contributed by atoms with Gasteiger partial charge in [-0.3, -0.25) is 10.1 Å². The highest BCUT2D eigenvalue weighted by Gasteiger charge is 2.46. The third-order valence-corrected chi connectivity index (χ3v) is 4.80. The molecule has 0 aromatic carbocycles. The molecule has 2 bridgehead atoms. The predicted molar refractivity (Wildman–Crippen MR) is 62.7 cm³/mol. The molecule has 1 amide bonds. The number of rotatable bonds is 2. The lowest BCUT2D eigenvalue weighted by atomic mass is 9.93. The minimum Gasteiger partial charge on any atom is -0.325 e. The van der Waals surface area contributed by atoms with Gasteiger partial charge in [0.25, 0.3) is 0 Å². The van der Waals surface area contributed by atoms with Crippen LogP contribution in [0.1, 0.15) is 39.5 Å². The van der Waals surface area contributed by atoms with Crippen molar-refractivity contribution in [2.45, 2.75) is 51.6 Å². The second kappa shape index (κ2) is 3.73. The lowest BCUT2D eigenvalue weighted by Gasteiger charge is -2.31. The first-order chi connectivity index (χ1) is 7.66. The molecule has 0 aromatic rings. The number of nitrogens with one attached hydrogen (secondary N) is 1. The van der Waals surface area contributed by atoms with E-state index in [9.17, 15) is 4.79 Å². The summed E-state index contributed by atoms with van der Waals surface area (Å²) in [4.78, 5) is 14.4. The van der Waals surface area contributed by atoms with Gasteiger partial charge in [0, 0.05) is 6.04 Å². The van der Waals surface area contributed by atoms with Crippen LogP contribution in [0.5, 0.6) is 0 Å². The van der Waals surface area contributed by atoms with E-state index in [1.807, 2.05) is 0 Å². The molecule has 0 aromatic heterocycles. The quantitative estimate of drug-likeness (QED) is 0.769. The zero-order chi connectivity index (χ0) is 11.3. The summed E-state index contributed by atoms with van der Waals surface area (Å²) in [6.07, 6.45) is 5.40. The fraction of sp³-hybridized carbons (Fsp3) is 0.923. The van der Waals surface area contributed by atoms with Gasteiger partial charge in [-0.1, -0.05) is 20.3 Å². The van der Waals surface area contributed by atoms with Crippen molar-refractivity contribution in [3.8, 4) is 0 Å². The lowest BCUT2D eigenvalue weighted by molar-refractivity contribution is -0.132. The van der Waals surface area contributed by atoms with Crippen LogP contribution in [0.4, 0.5) is 0 Å². The van der Waals surface area contributed by atoms with E-state index in [4.69, 9.17) is 0 Å². The SMILES string of the molecule is CC(C)C1NCN(C2CC3CCC2C3)C1=O. The Morgan fingerprint density at radius 1 is 1.31 bits per heavy atom. The van der Waals surface area contributed by atoms with E-state index in [1.54, 1.807) is 0 Å². The number of hydrogen-bond donors (Lipinski definition) is 1. The number of nitrogens with zero attached hydrogens (tertiary/aromatic N) is 1. The molecule has 4 unspecified atom stereocenters. The third-order valence-electron chi connectivity index (χ3n) is 4.80. The summed E-state index contributed by atoms with van der Waals surface area (Å²) in [5, 5.41) is 3.37. The van der Waals surface area contributed by atoms with Gasteiger partial charge in [0.05, 0.1) is 12.7 Å². The zero-order valence-corrected chi connectivity index (χ0v) is 10.3. The zero-order valence-electron chi connectivity index (χ0n) is 10.3. The molecule has 3 fully saturated rings. The Kier molecular flexibility index (Phi) is 2.46. The van der Waals surface area contributed by atoms with Crippen LogP contribution >= 0.6 is 0 Å². The van der Waals surface area contributed by atoms with E-state index in [-0.39, 0.29) is 6.04 Å². The van der Waals surface area contributed by atoms with Gasteiger partial charge in [-0.2, -0.15) is 0 Å². The summed E-state index contributed by atoms with van der Waals surface area (Å²) in [6.45, 7) is 5.04. The van der Waals surface area contributed by atoms with Crippen LogP contribution < -0.4 is 5.32 Å². The lowest BCUT2D eigenvalue weighted by Crippen LogP contribution is -2.42. The number of amides is 1. The van der Waals surface area contributed by atoms with E-state index in [0.29, 0.717) is 17.9 Å². The second-order valence-corrected chi connectivity index (χ2v) is 6.13. The molecular weight excluding hydrogens is 200 g/mol. The summed E-state index contributed by atoms with van der Waals surface area (Å²) in [7, 11) is 0. The first-order valence-electron chi connectivity index (χ1n) is 6.70. The van der Waals surface area contributed by atoms with Crippen molar-refractivity contribution in [2.24, 2.45) is 17.8 Å². The number of fused-ring (bicyclic) bond motifs is 2. The van der Waals surface area contributed by atoms with Crippen LogP contribution in [-0.4, -0.2) is 29.6 Å². The van der Waals surface area contributed by atoms with E-state index in [2.05, 4.69) is 24.1 Å². The molecule has 1 aliphatic heterocycles. The van der Waals surface area contributed by atoms with Gasteiger partial charge >= 0.3 is 0 Å². The largest absolute Gasteiger partial charge is 0.325 e. The maximum atomic E-state index is 12.3. The molecule has 1 saturated heterocycles. The van der Waals surface area contributed by atoms with Crippen LogP contribution in [0.15, 0.2) is 0 Å². The number of carbonyl (C=O) groups is 1. The van der Waals surface area contributed by atoms with Crippen molar-refractivity contribution in [1.29, 1.82) is 0 Å². The summed E-state index contributed by atoms with van der Waals surface area (Å²) >= 11 is 0. The monoisotopic (exact) mass is 222 g/mol. The van der Waals surface area contributed by atoms with E-state index in [1.165, 1.54) is 25.7 Å². The summed E-state index contributed by atoms with van der Waals surface area (Å²) in [5.74, 6) is 2.49. The van der Waals surface area contributed by atoms with Gasteiger partial charge in [0.1, 0.15) is 0 Å². The van der Waals surface area contributed by atoms with Crippen molar-refractivity contribution < 1.29 is 4.79 Å². The van der Waals surface area contributed by atoms with Crippen LogP contribution in [0.3, 0.4) is 0 Å². The Balaban J connectivity index is 1.71. The van der Waals surface area contributed by atoms with Crippen LogP contribution in [0, 0.1) is 17.8 Å².